The van der Waals surface area contributed by atoms with E-state index in [9.17, 15) is 4.79 Å². The maximum Gasteiger partial charge on any atom is 0.251 e. The van der Waals surface area contributed by atoms with Crippen LogP contribution in [0.4, 0.5) is 0 Å². The van der Waals surface area contributed by atoms with Crippen LogP contribution in [0, 0.1) is 0 Å². The van der Waals surface area contributed by atoms with Crippen molar-refractivity contribution in [1.82, 2.24) is 10.3 Å². The highest BCUT2D eigenvalue weighted by Gasteiger charge is 2.16. The second kappa shape index (κ2) is 5.69. The van der Waals surface area contributed by atoms with Crippen LogP contribution in [0.25, 0.3) is 11.1 Å². The minimum atomic E-state index is -0.298. The standard InChI is InChI=1S/C16H13BrN2O2/c1-10(16-19-13-4-2-3-5-14(13)21-16)18-15(20)11-6-8-12(17)9-7-11/h2-10H,1H3,(H,18,20). The minimum absolute atomic E-state index is 0.155. The van der Waals surface area contributed by atoms with E-state index in [1.54, 1.807) is 12.1 Å². The van der Waals surface area contributed by atoms with Crippen molar-refractivity contribution in [3.8, 4) is 0 Å². The molecule has 1 N–H and O–H groups in total. The third kappa shape index (κ3) is 2.97. The van der Waals surface area contributed by atoms with E-state index in [-0.39, 0.29) is 11.9 Å². The molecule has 3 aromatic rings. The summed E-state index contributed by atoms with van der Waals surface area (Å²) < 4.78 is 6.59. The number of rotatable bonds is 3. The fraction of sp³-hybridized carbons (Fsp3) is 0.125. The molecule has 4 nitrogen and oxygen atoms in total. The van der Waals surface area contributed by atoms with E-state index in [4.69, 9.17) is 4.42 Å². The van der Waals surface area contributed by atoms with Gasteiger partial charge in [0.1, 0.15) is 11.6 Å². The Kier molecular flexibility index (Phi) is 3.75. The summed E-state index contributed by atoms with van der Waals surface area (Å²) in [5.41, 5.74) is 2.11. The number of oxazole rings is 1. The summed E-state index contributed by atoms with van der Waals surface area (Å²) in [6.07, 6.45) is 0. The first-order valence-electron chi connectivity index (χ1n) is 6.55. The Morgan fingerprint density at radius 1 is 1.19 bits per heavy atom. The van der Waals surface area contributed by atoms with Gasteiger partial charge in [0.25, 0.3) is 5.91 Å². The summed E-state index contributed by atoms with van der Waals surface area (Å²) in [5, 5.41) is 2.88. The Morgan fingerprint density at radius 3 is 2.62 bits per heavy atom. The zero-order valence-electron chi connectivity index (χ0n) is 11.3. The van der Waals surface area contributed by atoms with Gasteiger partial charge in [-0.05, 0) is 43.3 Å². The van der Waals surface area contributed by atoms with Crippen molar-refractivity contribution in [2.24, 2.45) is 0 Å². The molecule has 0 aliphatic rings. The quantitative estimate of drug-likeness (QED) is 0.778. The third-order valence-electron chi connectivity index (χ3n) is 3.13. The van der Waals surface area contributed by atoms with Crippen LogP contribution in [0.1, 0.15) is 29.2 Å². The van der Waals surface area contributed by atoms with Crippen LogP contribution in [0.5, 0.6) is 0 Å². The van der Waals surface area contributed by atoms with Crippen molar-refractivity contribution in [2.45, 2.75) is 13.0 Å². The molecule has 1 unspecified atom stereocenters. The molecule has 1 atom stereocenters. The second-order valence-corrected chi connectivity index (χ2v) is 5.64. The van der Waals surface area contributed by atoms with Gasteiger partial charge < -0.3 is 9.73 Å². The smallest absolute Gasteiger partial charge is 0.251 e. The molecule has 1 aromatic heterocycles. The Hall–Kier alpha value is -2.14. The number of benzene rings is 2. The van der Waals surface area contributed by atoms with E-state index < -0.39 is 0 Å². The zero-order valence-corrected chi connectivity index (χ0v) is 12.9. The lowest BCUT2D eigenvalue weighted by molar-refractivity contribution is 0.0934. The second-order valence-electron chi connectivity index (χ2n) is 4.72. The summed E-state index contributed by atoms with van der Waals surface area (Å²) >= 11 is 3.35. The van der Waals surface area contributed by atoms with Crippen molar-refractivity contribution < 1.29 is 9.21 Å². The summed E-state index contributed by atoms with van der Waals surface area (Å²) in [6, 6.07) is 14.4. The summed E-state index contributed by atoms with van der Waals surface area (Å²) in [5.74, 6) is 0.346. The lowest BCUT2D eigenvalue weighted by Gasteiger charge is -2.10. The first-order chi connectivity index (χ1) is 10.1. The molecule has 0 saturated carbocycles. The molecule has 0 aliphatic carbocycles. The molecule has 0 aliphatic heterocycles. The maximum atomic E-state index is 12.2. The highest BCUT2D eigenvalue weighted by Crippen LogP contribution is 2.20. The molecule has 3 rings (SSSR count). The van der Waals surface area contributed by atoms with Gasteiger partial charge in [0.05, 0.1) is 0 Å². The normalized spacial score (nSPS) is 12.3. The highest BCUT2D eigenvalue weighted by molar-refractivity contribution is 9.10. The molecule has 0 saturated heterocycles. The van der Waals surface area contributed by atoms with Gasteiger partial charge in [0.2, 0.25) is 5.89 Å². The minimum Gasteiger partial charge on any atom is -0.438 e. The summed E-state index contributed by atoms with van der Waals surface area (Å²) in [6.45, 7) is 1.85. The monoisotopic (exact) mass is 344 g/mol. The number of carbonyl (C=O) groups excluding carboxylic acids is 1. The average Bonchev–Trinajstić information content (AvgIpc) is 2.92. The Labute approximate surface area is 130 Å². The fourth-order valence-corrected chi connectivity index (χ4v) is 2.28. The molecular formula is C16H13BrN2O2. The summed E-state index contributed by atoms with van der Waals surface area (Å²) in [4.78, 5) is 16.5. The van der Waals surface area contributed by atoms with Crippen LogP contribution in [0.2, 0.25) is 0 Å². The zero-order chi connectivity index (χ0) is 14.8. The van der Waals surface area contributed by atoms with E-state index >= 15 is 0 Å². The first-order valence-corrected chi connectivity index (χ1v) is 7.34. The van der Waals surface area contributed by atoms with E-state index in [0.29, 0.717) is 11.5 Å². The summed E-state index contributed by atoms with van der Waals surface area (Å²) in [7, 11) is 0. The number of hydrogen-bond donors (Lipinski definition) is 1. The predicted octanol–water partition coefficient (Wildman–Crippen LogP) is 4.08. The lowest BCUT2D eigenvalue weighted by atomic mass is 10.2. The van der Waals surface area contributed by atoms with Crippen LogP contribution in [0.3, 0.4) is 0 Å². The van der Waals surface area contributed by atoms with Crippen molar-refractivity contribution in [1.29, 1.82) is 0 Å². The predicted molar refractivity (Wildman–Crippen MR) is 84.0 cm³/mol. The average molecular weight is 345 g/mol. The molecule has 0 fully saturated rings. The van der Waals surface area contributed by atoms with E-state index in [1.807, 2.05) is 43.3 Å². The Morgan fingerprint density at radius 2 is 1.90 bits per heavy atom. The van der Waals surface area contributed by atoms with Gasteiger partial charge >= 0.3 is 0 Å². The molecule has 2 aromatic carbocycles. The molecule has 5 heteroatoms. The Balaban J connectivity index is 1.77. The van der Waals surface area contributed by atoms with Crippen molar-refractivity contribution in [3.05, 3.63) is 64.5 Å². The topological polar surface area (TPSA) is 55.1 Å². The van der Waals surface area contributed by atoms with E-state index in [1.165, 1.54) is 0 Å². The molecule has 0 bridgehead atoms. The van der Waals surface area contributed by atoms with Gasteiger partial charge in [0.15, 0.2) is 5.58 Å². The number of halogens is 1. The molecular weight excluding hydrogens is 332 g/mol. The van der Waals surface area contributed by atoms with Crippen molar-refractivity contribution in [2.75, 3.05) is 0 Å². The van der Waals surface area contributed by atoms with Gasteiger partial charge in [-0.15, -0.1) is 0 Å². The van der Waals surface area contributed by atoms with Crippen molar-refractivity contribution >= 4 is 32.9 Å². The first kappa shape index (κ1) is 13.8. The number of aromatic nitrogens is 1. The molecule has 21 heavy (non-hydrogen) atoms. The van der Waals surface area contributed by atoms with Gasteiger partial charge in [-0.3, -0.25) is 4.79 Å². The number of carbonyl (C=O) groups is 1. The van der Waals surface area contributed by atoms with Gasteiger partial charge in [-0.1, -0.05) is 28.1 Å². The molecule has 0 radical (unpaired) electrons. The molecule has 1 amide bonds. The Bertz CT molecular complexity index is 747. The van der Waals surface area contributed by atoms with Gasteiger partial charge in [-0.25, -0.2) is 4.98 Å². The van der Waals surface area contributed by atoms with Gasteiger partial charge in [-0.2, -0.15) is 0 Å². The maximum absolute atomic E-state index is 12.2. The number of para-hydroxylation sites is 2. The van der Waals surface area contributed by atoms with Crippen molar-refractivity contribution in [3.63, 3.8) is 0 Å². The number of nitrogens with one attached hydrogen (secondary N) is 1. The number of fused-ring (bicyclic) bond motifs is 1. The van der Waals surface area contributed by atoms with Crippen LogP contribution in [-0.4, -0.2) is 10.9 Å². The SMILES string of the molecule is CC(NC(=O)c1ccc(Br)cc1)c1nc2ccccc2o1. The largest absolute Gasteiger partial charge is 0.438 e. The van der Waals surface area contributed by atoms with Crippen LogP contribution < -0.4 is 5.32 Å². The number of amides is 1. The van der Waals surface area contributed by atoms with Crippen LogP contribution in [-0.2, 0) is 0 Å². The molecule has 106 valence electrons. The third-order valence-corrected chi connectivity index (χ3v) is 3.66. The number of nitrogens with zero attached hydrogens (tertiary/aromatic N) is 1. The van der Waals surface area contributed by atoms with E-state index in [0.717, 1.165) is 15.6 Å². The van der Waals surface area contributed by atoms with Crippen LogP contribution in [0.15, 0.2) is 57.4 Å². The molecule has 0 spiro atoms. The lowest BCUT2D eigenvalue weighted by Crippen LogP contribution is -2.26. The van der Waals surface area contributed by atoms with Crippen LogP contribution >= 0.6 is 15.9 Å². The number of hydrogen-bond acceptors (Lipinski definition) is 3. The fourth-order valence-electron chi connectivity index (χ4n) is 2.02. The molecule has 1 heterocycles. The van der Waals surface area contributed by atoms with E-state index in [2.05, 4.69) is 26.2 Å². The highest BCUT2D eigenvalue weighted by atomic mass is 79.9. The van der Waals surface area contributed by atoms with Gasteiger partial charge in [0, 0.05) is 10.0 Å².